The normalized spacial score (nSPS) is 24.4. The minimum absolute atomic E-state index is 0.117. The number of nitrogens with zero attached hydrogens (tertiary/aromatic N) is 3. The highest BCUT2D eigenvalue weighted by molar-refractivity contribution is 5.80. The number of rotatable bonds is 3. The van der Waals surface area contributed by atoms with Crippen LogP contribution in [0.1, 0.15) is 25.7 Å². The number of carbonyl (C=O) groups excluding carboxylic acids is 1. The summed E-state index contributed by atoms with van der Waals surface area (Å²) >= 11 is 0. The van der Waals surface area contributed by atoms with Crippen LogP contribution >= 0.6 is 0 Å². The maximum absolute atomic E-state index is 13.8. The van der Waals surface area contributed by atoms with Crippen molar-refractivity contribution in [2.45, 2.75) is 37.8 Å². The molecule has 2 aliphatic heterocycles. The molecule has 2 saturated heterocycles. The van der Waals surface area contributed by atoms with Gasteiger partial charge in [0.2, 0.25) is 5.91 Å². The van der Waals surface area contributed by atoms with Crippen molar-refractivity contribution in [3.05, 3.63) is 24.1 Å². The third-order valence-electron chi connectivity index (χ3n) is 4.59. The summed E-state index contributed by atoms with van der Waals surface area (Å²) in [6.07, 6.45) is 5.35. The number of hydrogen-bond acceptors (Lipinski definition) is 4. The van der Waals surface area contributed by atoms with Crippen LogP contribution in [0.5, 0.6) is 0 Å². The second-order valence-corrected chi connectivity index (χ2v) is 5.83. The zero-order chi connectivity index (χ0) is 14.8. The SMILES string of the molecule is NC(=O)C1CCCN1C1CCN(c2ncccc2F)CC1. The number of primary amides is 1. The number of carbonyl (C=O) groups is 1. The van der Waals surface area contributed by atoms with Gasteiger partial charge in [-0.1, -0.05) is 0 Å². The summed E-state index contributed by atoms with van der Waals surface area (Å²) in [5.74, 6) is -0.0540. The molecule has 1 aromatic rings. The number of amides is 1. The minimum atomic E-state index is -0.271. The van der Waals surface area contributed by atoms with Crippen LogP contribution in [0.4, 0.5) is 10.2 Å². The number of anilines is 1. The van der Waals surface area contributed by atoms with Gasteiger partial charge >= 0.3 is 0 Å². The fourth-order valence-electron chi connectivity index (χ4n) is 3.55. The Morgan fingerprint density at radius 2 is 2.05 bits per heavy atom. The van der Waals surface area contributed by atoms with Crippen LogP contribution < -0.4 is 10.6 Å². The zero-order valence-electron chi connectivity index (χ0n) is 12.0. The van der Waals surface area contributed by atoms with E-state index in [-0.39, 0.29) is 17.8 Å². The molecule has 0 saturated carbocycles. The van der Waals surface area contributed by atoms with E-state index in [0.29, 0.717) is 11.9 Å². The van der Waals surface area contributed by atoms with Gasteiger partial charge in [-0.25, -0.2) is 9.37 Å². The first-order valence-electron chi connectivity index (χ1n) is 7.57. The second kappa shape index (κ2) is 5.97. The molecule has 3 heterocycles. The van der Waals surface area contributed by atoms with E-state index in [1.54, 1.807) is 12.3 Å². The molecule has 0 radical (unpaired) electrons. The zero-order valence-corrected chi connectivity index (χ0v) is 12.0. The molecule has 1 unspecified atom stereocenters. The lowest BCUT2D eigenvalue weighted by atomic mass is 10.0. The van der Waals surface area contributed by atoms with Gasteiger partial charge in [-0.15, -0.1) is 0 Å². The summed E-state index contributed by atoms with van der Waals surface area (Å²) in [5, 5.41) is 0. The quantitative estimate of drug-likeness (QED) is 0.907. The average molecular weight is 292 g/mol. The Morgan fingerprint density at radius 3 is 2.71 bits per heavy atom. The number of likely N-dealkylation sites (tertiary alicyclic amines) is 1. The van der Waals surface area contributed by atoms with E-state index in [1.807, 2.05) is 4.90 Å². The first-order chi connectivity index (χ1) is 10.2. The smallest absolute Gasteiger partial charge is 0.234 e. The highest BCUT2D eigenvalue weighted by Crippen LogP contribution is 2.28. The molecule has 0 aromatic carbocycles. The van der Waals surface area contributed by atoms with Gasteiger partial charge in [0, 0.05) is 25.3 Å². The van der Waals surface area contributed by atoms with Gasteiger partial charge in [0.25, 0.3) is 0 Å². The molecule has 2 fully saturated rings. The standard InChI is InChI=1S/C15H21FN4O/c16-12-3-1-7-18-15(12)19-9-5-11(6-10-19)20-8-2-4-13(20)14(17)21/h1,3,7,11,13H,2,4-6,8-10H2,(H2,17,21). The summed E-state index contributed by atoms with van der Waals surface area (Å²) in [4.78, 5) is 19.9. The van der Waals surface area contributed by atoms with Crippen molar-refractivity contribution in [1.29, 1.82) is 0 Å². The number of piperidine rings is 1. The van der Waals surface area contributed by atoms with Crippen LogP contribution in [-0.2, 0) is 4.79 Å². The average Bonchev–Trinajstić information content (AvgIpc) is 2.98. The van der Waals surface area contributed by atoms with Crippen molar-refractivity contribution in [3.8, 4) is 0 Å². The molecule has 21 heavy (non-hydrogen) atoms. The van der Waals surface area contributed by atoms with Crippen LogP contribution in [0.3, 0.4) is 0 Å². The first-order valence-corrected chi connectivity index (χ1v) is 7.57. The molecule has 0 aliphatic carbocycles. The summed E-state index contributed by atoms with van der Waals surface area (Å²) in [6.45, 7) is 2.47. The summed E-state index contributed by atoms with van der Waals surface area (Å²) in [5.41, 5.74) is 5.48. The minimum Gasteiger partial charge on any atom is -0.368 e. The Hall–Kier alpha value is -1.69. The Bertz CT molecular complexity index is 516. The van der Waals surface area contributed by atoms with Crippen LogP contribution in [-0.4, -0.2) is 47.5 Å². The van der Waals surface area contributed by atoms with Crippen molar-refractivity contribution >= 4 is 11.7 Å². The van der Waals surface area contributed by atoms with Crippen LogP contribution in [0, 0.1) is 5.82 Å². The van der Waals surface area contributed by atoms with E-state index in [4.69, 9.17) is 5.73 Å². The van der Waals surface area contributed by atoms with Gasteiger partial charge in [-0.2, -0.15) is 0 Å². The molecule has 0 spiro atoms. The van der Waals surface area contributed by atoms with E-state index < -0.39 is 0 Å². The Morgan fingerprint density at radius 1 is 1.29 bits per heavy atom. The van der Waals surface area contributed by atoms with Crippen molar-refractivity contribution in [3.63, 3.8) is 0 Å². The van der Waals surface area contributed by atoms with Gasteiger partial charge in [0.05, 0.1) is 6.04 Å². The fourth-order valence-corrected chi connectivity index (χ4v) is 3.55. The molecule has 6 heteroatoms. The topological polar surface area (TPSA) is 62.5 Å². The van der Waals surface area contributed by atoms with E-state index in [1.165, 1.54) is 6.07 Å². The number of pyridine rings is 1. The van der Waals surface area contributed by atoms with Crippen LogP contribution in [0.25, 0.3) is 0 Å². The maximum Gasteiger partial charge on any atom is 0.234 e. The number of halogens is 1. The fraction of sp³-hybridized carbons (Fsp3) is 0.600. The monoisotopic (exact) mass is 292 g/mol. The molecular formula is C15H21FN4O. The number of aromatic nitrogens is 1. The van der Waals surface area contributed by atoms with Crippen LogP contribution in [0.15, 0.2) is 18.3 Å². The van der Waals surface area contributed by atoms with Gasteiger partial charge in [0.1, 0.15) is 0 Å². The van der Waals surface area contributed by atoms with E-state index >= 15 is 0 Å². The van der Waals surface area contributed by atoms with Crippen molar-refractivity contribution < 1.29 is 9.18 Å². The lowest BCUT2D eigenvalue weighted by Gasteiger charge is -2.39. The van der Waals surface area contributed by atoms with Gasteiger partial charge in [-0.05, 0) is 44.4 Å². The molecule has 2 aliphatic rings. The summed E-state index contributed by atoms with van der Waals surface area (Å²) in [7, 11) is 0. The van der Waals surface area contributed by atoms with E-state index in [0.717, 1.165) is 45.3 Å². The Balaban J connectivity index is 1.63. The predicted octanol–water partition coefficient (Wildman–Crippen LogP) is 1.14. The molecule has 114 valence electrons. The molecule has 2 N–H and O–H groups in total. The lowest BCUT2D eigenvalue weighted by Crippen LogP contribution is -2.50. The van der Waals surface area contributed by atoms with Gasteiger partial charge in [-0.3, -0.25) is 9.69 Å². The highest BCUT2D eigenvalue weighted by Gasteiger charge is 2.35. The molecule has 5 nitrogen and oxygen atoms in total. The van der Waals surface area contributed by atoms with E-state index in [9.17, 15) is 9.18 Å². The number of hydrogen-bond donors (Lipinski definition) is 1. The third kappa shape index (κ3) is 2.85. The Kier molecular flexibility index (Phi) is 4.05. The van der Waals surface area contributed by atoms with Crippen LogP contribution in [0.2, 0.25) is 0 Å². The van der Waals surface area contributed by atoms with Crippen molar-refractivity contribution in [1.82, 2.24) is 9.88 Å². The molecule has 1 amide bonds. The predicted molar refractivity (Wildman–Crippen MR) is 78.4 cm³/mol. The molecular weight excluding hydrogens is 271 g/mol. The Labute approximate surface area is 123 Å². The third-order valence-corrected chi connectivity index (χ3v) is 4.59. The van der Waals surface area contributed by atoms with Gasteiger partial charge < -0.3 is 10.6 Å². The lowest BCUT2D eigenvalue weighted by molar-refractivity contribution is -0.123. The number of nitrogens with two attached hydrogens (primary N) is 1. The highest BCUT2D eigenvalue weighted by atomic mass is 19.1. The molecule has 3 rings (SSSR count). The molecule has 0 bridgehead atoms. The molecule has 1 aromatic heterocycles. The van der Waals surface area contributed by atoms with Gasteiger partial charge in [0.15, 0.2) is 11.6 Å². The molecule has 1 atom stereocenters. The first kappa shape index (κ1) is 14.3. The van der Waals surface area contributed by atoms with E-state index in [2.05, 4.69) is 9.88 Å². The second-order valence-electron chi connectivity index (χ2n) is 5.83. The summed E-state index contributed by atoms with van der Waals surface area (Å²) < 4.78 is 13.8. The summed E-state index contributed by atoms with van der Waals surface area (Å²) in [6, 6.07) is 3.30. The van der Waals surface area contributed by atoms with Crippen molar-refractivity contribution in [2.24, 2.45) is 5.73 Å². The maximum atomic E-state index is 13.8. The van der Waals surface area contributed by atoms with Crippen molar-refractivity contribution in [2.75, 3.05) is 24.5 Å². The largest absolute Gasteiger partial charge is 0.368 e.